The summed E-state index contributed by atoms with van der Waals surface area (Å²) < 4.78 is 0. The second-order valence-electron chi connectivity index (χ2n) is 7.23. The van der Waals surface area contributed by atoms with Crippen molar-refractivity contribution < 1.29 is 0 Å². The van der Waals surface area contributed by atoms with E-state index in [4.69, 9.17) is 0 Å². The quantitative estimate of drug-likeness (QED) is 0.215. The van der Waals surface area contributed by atoms with E-state index in [-0.39, 0.29) is 0 Å². The third-order valence-electron chi connectivity index (χ3n) is 5.29. The summed E-state index contributed by atoms with van der Waals surface area (Å²) in [7, 11) is 0. The summed E-state index contributed by atoms with van der Waals surface area (Å²) in [5, 5.41) is 12.6. The maximum Gasteiger partial charge on any atom is -0.00268 e. The third kappa shape index (κ3) is 3.99. The van der Waals surface area contributed by atoms with Crippen LogP contribution in [0, 0.1) is 0 Å². The van der Waals surface area contributed by atoms with Crippen LogP contribution < -0.4 is 0 Å². The molecule has 1 aromatic heterocycles. The van der Waals surface area contributed by atoms with E-state index in [9.17, 15) is 0 Å². The second-order valence-corrected chi connectivity index (χ2v) is 8.01. The summed E-state index contributed by atoms with van der Waals surface area (Å²) in [6.07, 6.45) is 6.77. The monoisotopic (exact) mass is 370 g/mol. The molecule has 0 N–H and O–H groups in total. The highest BCUT2D eigenvalue weighted by molar-refractivity contribution is 7.07. The topological polar surface area (TPSA) is 0 Å². The molecule has 136 valence electrons. The molecule has 27 heavy (non-hydrogen) atoms. The molecule has 0 radical (unpaired) electrons. The fourth-order valence-corrected chi connectivity index (χ4v) is 4.56. The van der Waals surface area contributed by atoms with Gasteiger partial charge in [-0.1, -0.05) is 86.8 Å². The Bertz CT molecular complexity index is 975. The highest BCUT2D eigenvalue weighted by Crippen LogP contribution is 2.33. The molecule has 0 amide bonds. The second kappa shape index (κ2) is 8.54. The summed E-state index contributed by atoms with van der Waals surface area (Å²) >= 11 is 1.80. The van der Waals surface area contributed by atoms with E-state index in [1.165, 1.54) is 70.0 Å². The van der Waals surface area contributed by atoms with Crippen molar-refractivity contribution in [3.63, 3.8) is 0 Å². The first-order chi connectivity index (χ1) is 13.4. The fraction of sp³-hybridized carbons (Fsp3) is 0.231. The molecular formula is C26H26S. The zero-order chi connectivity index (χ0) is 18.5. The molecule has 0 fully saturated rings. The average Bonchev–Trinajstić information content (AvgIpc) is 3.24. The van der Waals surface area contributed by atoms with Crippen molar-refractivity contribution in [1.82, 2.24) is 0 Å². The molecule has 1 heterocycles. The van der Waals surface area contributed by atoms with Crippen LogP contribution in [0.5, 0.6) is 0 Å². The molecule has 1 heteroatoms. The van der Waals surface area contributed by atoms with Crippen LogP contribution >= 0.6 is 11.3 Å². The standard InChI is InChI=1S/C16H10.C10H16S/c1-3-11-7-9-13-5-2-6-14-10-8-12(4-1)15(11)16(13)14;1-2-3-4-5-6-10-7-8-11-9-10/h1-10H;7-9H,2-6H2,1H3. The van der Waals surface area contributed by atoms with Crippen molar-refractivity contribution >= 4 is 43.7 Å². The Balaban J connectivity index is 0.000000145. The number of unbranched alkanes of at least 4 members (excludes halogenated alkanes) is 3. The zero-order valence-electron chi connectivity index (χ0n) is 15.9. The molecule has 0 bridgehead atoms. The van der Waals surface area contributed by atoms with Gasteiger partial charge in [0.05, 0.1) is 0 Å². The smallest absolute Gasteiger partial charge is 0.00268 e. The fourth-order valence-electron chi connectivity index (χ4n) is 3.86. The van der Waals surface area contributed by atoms with E-state index in [1.807, 2.05) is 0 Å². The van der Waals surface area contributed by atoms with Crippen LogP contribution in [0.25, 0.3) is 32.3 Å². The van der Waals surface area contributed by atoms with Crippen LogP contribution in [0.4, 0.5) is 0 Å². The Morgan fingerprint density at radius 2 is 1.19 bits per heavy atom. The molecule has 0 atom stereocenters. The lowest BCUT2D eigenvalue weighted by Crippen LogP contribution is -1.82. The lowest BCUT2D eigenvalue weighted by atomic mass is 9.95. The average molecular weight is 371 g/mol. The third-order valence-corrected chi connectivity index (χ3v) is 6.02. The Morgan fingerprint density at radius 3 is 1.63 bits per heavy atom. The summed E-state index contributed by atoms with van der Waals surface area (Å²) in [4.78, 5) is 0. The van der Waals surface area contributed by atoms with Crippen LogP contribution in [0.15, 0.2) is 77.5 Å². The van der Waals surface area contributed by atoms with E-state index >= 15 is 0 Å². The number of hydrogen-bond acceptors (Lipinski definition) is 1. The summed E-state index contributed by atoms with van der Waals surface area (Å²) in [6, 6.07) is 24.1. The van der Waals surface area contributed by atoms with Gasteiger partial charge >= 0.3 is 0 Å². The highest BCUT2D eigenvalue weighted by Gasteiger charge is 2.05. The van der Waals surface area contributed by atoms with Gasteiger partial charge in [0.1, 0.15) is 0 Å². The largest absolute Gasteiger partial charge is 0.152 e. The van der Waals surface area contributed by atoms with Crippen molar-refractivity contribution in [2.75, 3.05) is 0 Å². The lowest BCUT2D eigenvalue weighted by Gasteiger charge is -2.09. The molecule has 0 saturated heterocycles. The SMILES string of the molecule is CCCCCCc1ccsc1.c1cc2ccc3cccc4ccc(c1)c2c34. The van der Waals surface area contributed by atoms with Gasteiger partial charge in [0, 0.05) is 0 Å². The van der Waals surface area contributed by atoms with Crippen LogP contribution in [-0.4, -0.2) is 0 Å². The van der Waals surface area contributed by atoms with Gasteiger partial charge in [-0.15, -0.1) is 0 Å². The normalized spacial score (nSPS) is 11.1. The van der Waals surface area contributed by atoms with Crippen molar-refractivity contribution in [2.45, 2.75) is 39.0 Å². The van der Waals surface area contributed by atoms with E-state index < -0.39 is 0 Å². The van der Waals surface area contributed by atoms with E-state index in [2.05, 4.69) is 84.4 Å². The first-order valence-corrected chi connectivity index (χ1v) is 10.9. The predicted octanol–water partition coefficient (Wildman–Crippen LogP) is 8.45. The van der Waals surface area contributed by atoms with Crippen LogP contribution in [0.3, 0.4) is 0 Å². The van der Waals surface area contributed by atoms with Gasteiger partial charge in [0.25, 0.3) is 0 Å². The Morgan fingerprint density at radius 1 is 0.630 bits per heavy atom. The van der Waals surface area contributed by atoms with Gasteiger partial charge < -0.3 is 0 Å². The maximum atomic E-state index is 2.26. The van der Waals surface area contributed by atoms with Crippen molar-refractivity contribution in [1.29, 1.82) is 0 Å². The Kier molecular flexibility index (Phi) is 5.69. The van der Waals surface area contributed by atoms with Gasteiger partial charge in [0.15, 0.2) is 0 Å². The zero-order valence-corrected chi connectivity index (χ0v) is 16.8. The molecule has 0 nitrogen and oxygen atoms in total. The first-order valence-electron chi connectivity index (χ1n) is 10.0. The van der Waals surface area contributed by atoms with Gasteiger partial charge in [-0.3, -0.25) is 0 Å². The Hall–Kier alpha value is -2.38. The summed E-state index contributed by atoms with van der Waals surface area (Å²) in [5.74, 6) is 0. The summed E-state index contributed by atoms with van der Waals surface area (Å²) in [6.45, 7) is 2.25. The van der Waals surface area contributed by atoms with E-state index in [0.29, 0.717) is 0 Å². The van der Waals surface area contributed by atoms with Gasteiger partial charge in [-0.25, -0.2) is 0 Å². The molecule has 5 rings (SSSR count). The molecule has 0 saturated carbocycles. The molecular weight excluding hydrogens is 344 g/mol. The van der Waals surface area contributed by atoms with Crippen molar-refractivity contribution in [3.8, 4) is 0 Å². The minimum absolute atomic E-state index is 1.28. The maximum absolute atomic E-state index is 2.26. The van der Waals surface area contributed by atoms with E-state index in [0.717, 1.165) is 0 Å². The summed E-state index contributed by atoms with van der Waals surface area (Å²) in [5.41, 5.74) is 1.52. The Labute approximate surface area is 165 Å². The number of benzene rings is 4. The minimum Gasteiger partial charge on any atom is -0.152 e. The molecule has 0 aliphatic carbocycles. The molecule has 0 aliphatic heterocycles. The molecule has 4 aromatic carbocycles. The van der Waals surface area contributed by atoms with Crippen molar-refractivity contribution in [3.05, 3.63) is 83.1 Å². The van der Waals surface area contributed by atoms with Gasteiger partial charge in [-0.05, 0) is 67.5 Å². The van der Waals surface area contributed by atoms with Crippen LogP contribution in [-0.2, 0) is 6.42 Å². The lowest BCUT2D eigenvalue weighted by molar-refractivity contribution is 0.667. The molecule has 0 aliphatic rings. The molecule has 0 spiro atoms. The number of rotatable bonds is 5. The number of aryl methyl sites for hydroxylation is 1. The van der Waals surface area contributed by atoms with Crippen LogP contribution in [0.1, 0.15) is 38.2 Å². The molecule has 0 unspecified atom stereocenters. The van der Waals surface area contributed by atoms with Gasteiger partial charge in [0.2, 0.25) is 0 Å². The highest BCUT2D eigenvalue weighted by atomic mass is 32.1. The minimum atomic E-state index is 1.28. The first kappa shape index (κ1) is 18.0. The van der Waals surface area contributed by atoms with Crippen molar-refractivity contribution in [2.24, 2.45) is 0 Å². The van der Waals surface area contributed by atoms with Gasteiger partial charge in [-0.2, -0.15) is 11.3 Å². The predicted molar refractivity (Wildman–Crippen MR) is 122 cm³/mol. The molecule has 5 aromatic rings. The van der Waals surface area contributed by atoms with Crippen LogP contribution in [0.2, 0.25) is 0 Å². The number of thiophene rings is 1. The van der Waals surface area contributed by atoms with E-state index in [1.54, 1.807) is 11.3 Å². The number of hydrogen-bond donors (Lipinski definition) is 0.